The van der Waals surface area contributed by atoms with E-state index in [0.29, 0.717) is 12.1 Å². The lowest BCUT2D eigenvalue weighted by molar-refractivity contribution is -0.144. The Morgan fingerprint density at radius 2 is 1.75 bits per heavy atom. The predicted octanol–water partition coefficient (Wildman–Crippen LogP) is 2.25. The molecule has 0 bridgehead atoms. The topological polar surface area (TPSA) is 98.4 Å². The number of carboxylic acid groups (broad SMARTS) is 1. The Labute approximate surface area is 158 Å². The monoisotopic (exact) mass is 422 g/mol. The molecule has 150 valence electrons. The minimum atomic E-state index is -5.01. The van der Waals surface area contributed by atoms with E-state index < -0.39 is 62.9 Å². The van der Waals surface area contributed by atoms with Crippen LogP contribution in [0.5, 0.6) is 0 Å². The van der Waals surface area contributed by atoms with Crippen LogP contribution in [-0.2, 0) is 18.0 Å². The fraction of sp³-hybridized carbons (Fsp3) is 0.250. The highest BCUT2D eigenvalue weighted by atomic mass is 35.5. The Balaban J connectivity index is 2.80. The predicted molar refractivity (Wildman–Crippen MR) is 88.4 cm³/mol. The van der Waals surface area contributed by atoms with E-state index in [1.807, 2.05) is 0 Å². The van der Waals surface area contributed by atoms with Gasteiger partial charge in [0.2, 0.25) is 0 Å². The van der Waals surface area contributed by atoms with E-state index in [1.54, 1.807) is 0 Å². The van der Waals surface area contributed by atoms with Gasteiger partial charge in [-0.05, 0) is 19.1 Å². The molecule has 0 aliphatic carbocycles. The second kappa shape index (κ2) is 7.23. The molecule has 1 N–H and O–H groups in total. The van der Waals surface area contributed by atoms with Gasteiger partial charge in [-0.15, -0.1) is 0 Å². The lowest BCUT2D eigenvalue weighted by Crippen LogP contribution is -2.41. The quantitative estimate of drug-likeness (QED) is 0.463. The van der Waals surface area contributed by atoms with Gasteiger partial charge in [0.25, 0.3) is 5.56 Å². The zero-order chi connectivity index (χ0) is 21.5. The first-order chi connectivity index (χ1) is 12.8. The van der Waals surface area contributed by atoms with Crippen molar-refractivity contribution in [3.05, 3.63) is 61.1 Å². The van der Waals surface area contributed by atoms with Crippen LogP contribution in [0.2, 0.25) is 5.02 Å². The van der Waals surface area contributed by atoms with Crippen LogP contribution in [0, 0.1) is 11.7 Å². The van der Waals surface area contributed by atoms with Gasteiger partial charge in [-0.3, -0.25) is 19.0 Å². The van der Waals surface area contributed by atoms with Crippen LogP contribution in [0.3, 0.4) is 0 Å². The number of carbonyl (C=O) groups excluding carboxylic acids is 1. The maximum atomic E-state index is 14.3. The molecule has 0 saturated carbocycles. The molecule has 1 heterocycles. The number of aromatic nitrogens is 2. The van der Waals surface area contributed by atoms with Gasteiger partial charge in [-0.25, -0.2) is 13.8 Å². The SMILES string of the molecule is C[C@H](C(=O)O)C(=O)c1cc(-n2c(=O)cc(C(F)(F)F)n(C)c2=O)c(F)cc1Cl. The van der Waals surface area contributed by atoms with E-state index >= 15 is 0 Å². The largest absolute Gasteiger partial charge is 0.481 e. The fourth-order valence-electron chi connectivity index (χ4n) is 2.36. The van der Waals surface area contributed by atoms with Gasteiger partial charge in [0, 0.05) is 18.7 Å². The van der Waals surface area contributed by atoms with Gasteiger partial charge in [0.15, 0.2) is 5.78 Å². The van der Waals surface area contributed by atoms with Crippen LogP contribution in [-0.4, -0.2) is 26.0 Å². The van der Waals surface area contributed by atoms with Crippen molar-refractivity contribution in [2.45, 2.75) is 13.1 Å². The van der Waals surface area contributed by atoms with Gasteiger partial charge < -0.3 is 5.11 Å². The second-order valence-electron chi connectivity index (χ2n) is 5.75. The number of halogens is 5. The number of benzene rings is 1. The molecule has 28 heavy (non-hydrogen) atoms. The maximum Gasteiger partial charge on any atom is 0.431 e. The first kappa shape index (κ1) is 21.4. The second-order valence-corrected chi connectivity index (χ2v) is 6.16. The summed E-state index contributed by atoms with van der Waals surface area (Å²) in [6, 6.07) is 1.30. The van der Waals surface area contributed by atoms with Crippen molar-refractivity contribution in [2.24, 2.45) is 13.0 Å². The summed E-state index contributed by atoms with van der Waals surface area (Å²) in [5.41, 5.74) is -5.93. The zero-order valence-corrected chi connectivity index (χ0v) is 14.9. The molecule has 0 aliphatic heterocycles. The van der Waals surface area contributed by atoms with E-state index in [9.17, 15) is 36.7 Å². The number of Topliss-reactive ketones (excluding diaryl/α,β-unsaturated/α-hetero) is 1. The van der Waals surface area contributed by atoms with Gasteiger partial charge in [-0.1, -0.05) is 11.6 Å². The molecule has 7 nitrogen and oxygen atoms in total. The molecule has 2 rings (SSSR count). The van der Waals surface area contributed by atoms with Gasteiger partial charge >= 0.3 is 17.8 Å². The van der Waals surface area contributed by atoms with Crippen molar-refractivity contribution >= 4 is 23.4 Å². The van der Waals surface area contributed by atoms with Crippen molar-refractivity contribution in [2.75, 3.05) is 0 Å². The molecule has 12 heteroatoms. The zero-order valence-electron chi connectivity index (χ0n) is 14.2. The molecule has 0 unspecified atom stereocenters. The Bertz CT molecular complexity index is 1100. The average molecular weight is 423 g/mol. The smallest absolute Gasteiger partial charge is 0.431 e. The molecule has 0 spiro atoms. The van der Waals surface area contributed by atoms with E-state index in [-0.39, 0.29) is 15.2 Å². The van der Waals surface area contributed by atoms with Crippen LogP contribution >= 0.6 is 11.6 Å². The number of carbonyl (C=O) groups is 2. The molecule has 1 aromatic carbocycles. The Hall–Kier alpha value is -2.95. The number of nitrogens with zero attached hydrogens (tertiary/aromatic N) is 2. The molecular formula is C16H11ClF4N2O5. The normalized spacial score (nSPS) is 12.7. The van der Waals surface area contributed by atoms with Crippen molar-refractivity contribution in [1.29, 1.82) is 0 Å². The van der Waals surface area contributed by atoms with E-state index in [1.165, 1.54) is 0 Å². The van der Waals surface area contributed by atoms with Gasteiger partial charge in [0.1, 0.15) is 17.4 Å². The summed E-state index contributed by atoms with van der Waals surface area (Å²) in [6.07, 6.45) is -5.01. The molecule has 1 aromatic heterocycles. The summed E-state index contributed by atoms with van der Waals surface area (Å²) in [5.74, 6) is -5.41. The molecular weight excluding hydrogens is 412 g/mol. The summed E-state index contributed by atoms with van der Waals surface area (Å²) in [4.78, 5) is 47.6. The first-order valence-corrected chi connectivity index (χ1v) is 7.81. The number of rotatable bonds is 4. The summed E-state index contributed by atoms with van der Waals surface area (Å²) < 4.78 is 53.2. The number of ketones is 1. The van der Waals surface area contributed by atoms with Crippen molar-refractivity contribution in [1.82, 2.24) is 9.13 Å². The number of aliphatic carboxylic acids is 1. The van der Waals surface area contributed by atoms with E-state index in [2.05, 4.69) is 0 Å². The fourth-order valence-corrected chi connectivity index (χ4v) is 2.61. The Morgan fingerprint density at radius 1 is 1.18 bits per heavy atom. The standard InChI is InChI=1S/C16H11ClF4N2O5/c1-6(14(26)27)13(25)7-3-10(9(18)4-8(7)17)23-12(24)5-11(16(19,20)21)22(2)15(23)28/h3-6H,1-2H3,(H,26,27)/t6-/m0/s1. The van der Waals surface area contributed by atoms with Crippen LogP contribution in [0.1, 0.15) is 23.0 Å². The summed E-state index contributed by atoms with van der Waals surface area (Å²) in [7, 11) is 0.730. The average Bonchev–Trinajstić information content (AvgIpc) is 2.57. The molecule has 0 saturated heterocycles. The summed E-state index contributed by atoms with van der Waals surface area (Å²) in [5, 5.41) is 8.43. The van der Waals surface area contributed by atoms with Crippen molar-refractivity contribution < 1.29 is 32.3 Å². The molecule has 2 aromatic rings. The van der Waals surface area contributed by atoms with Crippen molar-refractivity contribution in [3.63, 3.8) is 0 Å². The molecule has 0 fully saturated rings. The maximum absolute atomic E-state index is 14.3. The first-order valence-electron chi connectivity index (χ1n) is 7.44. The minimum absolute atomic E-state index is 0.0864. The van der Waals surface area contributed by atoms with E-state index in [0.717, 1.165) is 14.0 Å². The summed E-state index contributed by atoms with van der Waals surface area (Å²) in [6.45, 7) is 1.04. The highest BCUT2D eigenvalue weighted by Gasteiger charge is 2.35. The molecule has 0 radical (unpaired) electrons. The Kier molecular flexibility index (Phi) is 5.51. The Morgan fingerprint density at radius 3 is 2.25 bits per heavy atom. The molecule has 0 aliphatic rings. The lowest BCUT2D eigenvalue weighted by Gasteiger charge is -2.15. The third-order valence-corrected chi connectivity index (χ3v) is 4.23. The number of hydrogen-bond acceptors (Lipinski definition) is 4. The third kappa shape index (κ3) is 3.70. The van der Waals surface area contributed by atoms with Gasteiger partial charge in [0.05, 0.1) is 10.7 Å². The lowest BCUT2D eigenvalue weighted by atomic mass is 9.99. The van der Waals surface area contributed by atoms with Crippen LogP contribution in [0.15, 0.2) is 27.8 Å². The minimum Gasteiger partial charge on any atom is -0.481 e. The third-order valence-electron chi connectivity index (χ3n) is 3.92. The highest BCUT2D eigenvalue weighted by Crippen LogP contribution is 2.28. The number of carboxylic acids is 1. The van der Waals surface area contributed by atoms with Crippen LogP contribution < -0.4 is 11.2 Å². The molecule has 1 atom stereocenters. The number of hydrogen-bond donors (Lipinski definition) is 1. The van der Waals surface area contributed by atoms with Crippen LogP contribution in [0.25, 0.3) is 5.69 Å². The van der Waals surface area contributed by atoms with E-state index in [4.69, 9.17) is 16.7 Å². The number of alkyl halides is 3. The molecule has 0 amide bonds. The van der Waals surface area contributed by atoms with Crippen LogP contribution in [0.4, 0.5) is 17.6 Å². The summed E-state index contributed by atoms with van der Waals surface area (Å²) >= 11 is 5.76. The van der Waals surface area contributed by atoms with Crippen molar-refractivity contribution in [3.8, 4) is 5.69 Å². The highest BCUT2D eigenvalue weighted by molar-refractivity contribution is 6.34. The van der Waals surface area contributed by atoms with Gasteiger partial charge in [-0.2, -0.15) is 13.2 Å².